The van der Waals surface area contributed by atoms with E-state index in [1.54, 1.807) is 25.1 Å². The fourth-order valence-electron chi connectivity index (χ4n) is 3.31. The van der Waals surface area contributed by atoms with Crippen LogP contribution in [-0.4, -0.2) is 42.5 Å². The number of anilines is 1. The lowest BCUT2D eigenvalue weighted by Gasteiger charge is -2.43. The zero-order chi connectivity index (χ0) is 18.1. The monoisotopic (exact) mass is 342 g/mol. The van der Waals surface area contributed by atoms with Crippen LogP contribution in [0.4, 0.5) is 5.69 Å². The molecule has 1 aromatic carbocycles. The van der Waals surface area contributed by atoms with Crippen LogP contribution in [0.2, 0.25) is 0 Å². The molecule has 0 fully saturated rings. The molecule has 0 radical (unpaired) electrons. The van der Waals surface area contributed by atoms with Crippen molar-refractivity contribution in [3.8, 4) is 0 Å². The molecule has 0 spiro atoms. The fraction of sp³-hybridized carbons (Fsp3) is 0.389. The maximum Gasteiger partial charge on any atom is 0.257 e. The fourth-order valence-corrected chi connectivity index (χ4v) is 3.31. The van der Waals surface area contributed by atoms with Crippen LogP contribution in [0.15, 0.2) is 28.8 Å². The van der Waals surface area contributed by atoms with Crippen LogP contribution >= 0.6 is 0 Å². The highest BCUT2D eigenvalue weighted by Crippen LogP contribution is 2.39. The van der Waals surface area contributed by atoms with E-state index in [9.17, 15) is 9.59 Å². The third kappa shape index (κ3) is 2.75. The molecule has 2 amide bonds. The van der Waals surface area contributed by atoms with Crippen LogP contribution in [0.5, 0.6) is 0 Å². The topological polar surface area (TPSA) is 78.7 Å². The Hall–Kier alpha value is -2.83. The Balaban J connectivity index is 2.19. The Kier molecular flexibility index (Phi) is 4.48. The number of aryl methyl sites for hydroxylation is 2. The van der Waals surface area contributed by atoms with Crippen LogP contribution < -0.4 is 10.2 Å². The summed E-state index contributed by atoms with van der Waals surface area (Å²) in [5.41, 5.74) is 2.89. The number of amides is 2. The lowest BCUT2D eigenvalue weighted by Crippen LogP contribution is -2.50. The van der Waals surface area contributed by atoms with Crippen molar-refractivity contribution < 1.29 is 14.1 Å². The van der Waals surface area contributed by atoms with E-state index in [0.29, 0.717) is 12.0 Å². The molecule has 1 atom stereocenters. The Morgan fingerprint density at radius 2 is 2.08 bits per heavy atom. The second kappa shape index (κ2) is 6.58. The standard InChI is InChI=1S/C18H22N4O3/c1-5-14-16(11(2)20-25-14)17-21(4)18(24)12-8-6-7-9-13(12)22(17)10-15(23)19-3/h6-9,17H,5,10H2,1-4H3,(H,19,23). The summed E-state index contributed by atoms with van der Waals surface area (Å²) in [6.45, 7) is 3.96. The zero-order valence-corrected chi connectivity index (χ0v) is 14.9. The molecule has 25 heavy (non-hydrogen) atoms. The average molecular weight is 342 g/mol. The molecule has 2 aromatic rings. The first-order valence-corrected chi connectivity index (χ1v) is 8.28. The number of nitrogens with zero attached hydrogens (tertiary/aromatic N) is 3. The summed E-state index contributed by atoms with van der Waals surface area (Å²) in [7, 11) is 3.34. The van der Waals surface area contributed by atoms with Crippen molar-refractivity contribution in [3.63, 3.8) is 0 Å². The number of fused-ring (bicyclic) bond motifs is 1. The second-order valence-corrected chi connectivity index (χ2v) is 6.07. The average Bonchev–Trinajstić information content (AvgIpc) is 3.00. The number of hydrogen-bond donors (Lipinski definition) is 1. The van der Waals surface area contributed by atoms with Crippen LogP contribution in [0.1, 0.15) is 40.5 Å². The highest BCUT2D eigenvalue weighted by molar-refractivity contribution is 6.02. The van der Waals surface area contributed by atoms with Gasteiger partial charge in [0.25, 0.3) is 5.91 Å². The molecule has 2 heterocycles. The van der Waals surface area contributed by atoms with E-state index in [4.69, 9.17) is 4.52 Å². The van der Waals surface area contributed by atoms with Crippen molar-refractivity contribution in [2.24, 2.45) is 0 Å². The number of benzene rings is 1. The van der Waals surface area contributed by atoms with Crippen molar-refractivity contribution in [2.75, 3.05) is 25.5 Å². The molecule has 0 saturated carbocycles. The summed E-state index contributed by atoms with van der Waals surface area (Å²) in [5, 5.41) is 6.73. The summed E-state index contributed by atoms with van der Waals surface area (Å²) in [4.78, 5) is 28.6. The van der Waals surface area contributed by atoms with Crippen molar-refractivity contribution in [3.05, 3.63) is 46.8 Å². The molecule has 1 aliphatic heterocycles. The third-order valence-corrected chi connectivity index (χ3v) is 4.58. The number of nitrogens with one attached hydrogen (secondary N) is 1. The van der Waals surface area contributed by atoms with E-state index >= 15 is 0 Å². The predicted octanol–water partition coefficient (Wildman–Crippen LogP) is 1.88. The van der Waals surface area contributed by atoms with Crippen LogP contribution in [-0.2, 0) is 11.2 Å². The van der Waals surface area contributed by atoms with Gasteiger partial charge in [-0.05, 0) is 19.1 Å². The van der Waals surface area contributed by atoms with E-state index < -0.39 is 6.17 Å². The van der Waals surface area contributed by atoms with Crippen molar-refractivity contribution >= 4 is 17.5 Å². The molecule has 1 aromatic heterocycles. The maximum atomic E-state index is 12.9. The number of carbonyl (C=O) groups is 2. The van der Waals surface area contributed by atoms with Crippen molar-refractivity contribution in [2.45, 2.75) is 26.4 Å². The number of likely N-dealkylation sites (N-methyl/N-ethyl adjacent to an activating group) is 1. The van der Waals surface area contributed by atoms with Crippen LogP contribution in [0.25, 0.3) is 0 Å². The zero-order valence-electron chi connectivity index (χ0n) is 14.9. The number of aromatic nitrogens is 1. The van der Waals surface area contributed by atoms with E-state index in [2.05, 4.69) is 10.5 Å². The first-order valence-electron chi connectivity index (χ1n) is 8.28. The number of carbonyl (C=O) groups excluding carboxylic acids is 2. The van der Waals surface area contributed by atoms with Gasteiger partial charge in [-0.1, -0.05) is 24.2 Å². The molecule has 3 rings (SSSR count). The van der Waals surface area contributed by atoms with Crippen molar-refractivity contribution in [1.29, 1.82) is 0 Å². The summed E-state index contributed by atoms with van der Waals surface area (Å²) in [6, 6.07) is 7.34. The van der Waals surface area contributed by atoms with Crippen LogP contribution in [0.3, 0.4) is 0 Å². The van der Waals surface area contributed by atoms with Gasteiger partial charge >= 0.3 is 0 Å². The summed E-state index contributed by atoms with van der Waals surface area (Å²) in [6.07, 6.45) is 0.213. The van der Waals surface area contributed by atoms with E-state index in [0.717, 1.165) is 22.7 Å². The van der Waals surface area contributed by atoms with Gasteiger partial charge in [0, 0.05) is 20.5 Å². The van der Waals surface area contributed by atoms with Gasteiger partial charge in [-0.25, -0.2) is 0 Å². The summed E-state index contributed by atoms with van der Waals surface area (Å²) < 4.78 is 5.43. The molecule has 1 unspecified atom stereocenters. The molecule has 7 heteroatoms. The van der Waals surface area contributed by atoms with Gasteiger partial charge in [0.05, 0.1) is 29.1 Å². The highest BCUT2D eigenvalue weighted by Gasteiger charge is 2.40. The smallest absolute Gasteiger partial charge is 0.257 e. The largest absolute Gasteiger partial charge is 0.361 e. The second-order valence-electron chi connectivity index (χ2n) is 6.07. The lowest BCUT2D eigenvalue weighted by molar-refractivity contribution is -0.119. The Labute approximate surface area is 146 Å². The number of hydrogen-bond acceptors (Lipinski definition) is 5. The van der Waals surface area contributed by atoms with Gasteiger partial charge < -0.3 is 19.6 Å². The maximum absolute atomic E-state index is 12.9. The molecule has 0 saturated heterocycles. The SMILES string of the molecule is CCc1onc(C)c1C1N(C)C(=O)c2ccccc2N1CC(=O)NC. The first-order chi connectivity index (χ1) is 12.0. The lowest BCUT2D eigenvalue weighted by atomic mass is 9.99. The minimum absolute atomic E-state index is 0.0867. The minimum Gasteiger partial charge on any atom is -0.361 e. The molecule has 132 valence electrons. The van der Waals surface area contributed by atoms with E-state index in [-0.39, 0.29) is 18.4 Å². The first kappa shape index (κ1) is 17.0. The highest BCUT2D eigenvalue weighted by atomic mass is 16.5. The normalized spacial score (nSPS) is 16.8. The molecule has 1 N–H and O–H groups in total. The molecule has 1 aliphatic rings. The van der Waals surface area contributed by atoms with Gasteiger partial charge in [-0.2, -0.15) is 0 Å². The van der Waals surface area contributed by atoms with Crippen molar-refractivity contribution in [1.82, 2.24) is 15.4 Å². The van der Waals surface area contributed by atoms with Crippen LogP contribution in [0, 0.1) is 6.92 Å². The molecular formula is C18H22N4O3. The Morgan fingerprint density at radius 1 is 1.36 bits per heavy atom. The molecule has 0 aliphatic carbocycles. The van der Waals surface area contributed by atoms with Gasteiger partial charge in [0.15, 0.2) is 0 Å². The van der Waals surface area contributed by atoms with Gasteiger partial charge in [0.2, 0.25) is 5.91 Å². The minimum atomic E-state index is -0.444. The Morgan fingerprint density at radius 3 is 2.76 bits per heavy atom. The number of rotatable bonds is 4. The van der Waals surface area contributed by atoms with Gasteiger partial charge in [0.1, 0.15) is 11.9 Å². The molecule has 7 nitrogen and oxygen atoms in total. The Bertz CT molecular complexity index is 814. The summed E-state index contributed by atoms with van der Waals surface area (Å²) in [5.74, 6) is 0.509. The van der Waals surface area contributed by atoms with E-state index in [1.165, 1.54) is 0 Å². The summed E-state index contributed by atoms with van der Waals surface area (Å²) >= 11 is 0. The van der Waals surface area contributed by atoms with E-state index in [1.807, 2.05) is 36.9 Å². The molecule has 0 bridgehead atoms. The van der Waals surface area contributed by atoms with Gasteiger partial charge in [-0.15, -0.1) is 0 Å². The third-order valence-electron chi connectivity index (χ3n) is 4.58. The predicted molar refractivity (Wildman–Crippen MR) is 93.3 cm³/mol. The van der Waals surface area contributed by atoms with Gasteiger partial charge in [-0.3, -0.25) is 9.59 Å². The molecular weight excluding hydrogens is 320 g/mol. The quantitative estimate of drug-likeness (QED) is 0.918. The number of para-hydroxylation sites is 1.